The SMILES string of the molecule is CC(C)(C)OC(=O)n1cc2nc[nH]c2c1. The summed E-state index contributed by atoms with van der Waals surface area (Å²) in [7, 11) is 0. The third kappa shape index (κ3) is 2.01. The molecule has 0 bridgehead atoms. The zero-order valence-electron chi connectivity index (χ0n) is 8.94. The molecule has 0 atom stereocenters. The number of carbonyl (C=O) groups excluding carboxylic acids is 1. The van der Waals surface area contributed by atoms with E-state index in [4.69, 9.17) is 4.74 Å². The number of H-pyrrole nitrogens is 1. The van der Waals surface area contributed by atoms with Gasteiger partial charge in [0.1, 0.15) is 11.1 Å². The summed E-state index contributed by atoms with van der Waals surface area (Å²) in [5.74, 6) is 0. The van der Waals surface area contributed by atoms with Crippen LogP contribution in [0.15, 0.2) is 18.7 Å². The van der Waals surface area contributed by atoms with Crippen LogP contribution in [0.1, 0.15) is 20.8 Å². The van der Waals surface area contributed by atoms with Gasteiger partial charge in [0.2, 0.25) is 0 Å². The highest BCUT2D eigenvalue weighted by Gasteiger charge is 2.18. The number of ether oxygens (including phenoxy) is 1. The predicted octanol–water partition coefficient (Wildman–Crippen LogP) is 2.15. The van der Waals surface area contributed by atoms with E-state index in [1.807, 2.05) is 20.8 Å². The smallest absolute Gasteiger partial charge is 0.418 e. The van der Waals surface area contributed by atoms with E-state index in [9.17, 15) is 4.79 Å². The molecule has 0 saturated heterocycles. The summed E-state index contributed by atoms with van der Waals surface area (Å²) in [5, 5.41) is 0. The molecule has 2 aromatic rings. The highest BCUT2D eigenvalue weighted by atomic mass is 16.6. The molecule has 2 aromatic heterocycles. The molecular formula is C10H13N3O2. The van der Waals surface area contributed by atoms with E-state index in [0.29, 0.717) is 0 Å². The second-order valence-corrected chi connectivity index (χ2v) is 4.35. The molecule has 0 amide bonds. The number of nitrogens with one attached hydrogen (secondary N) is 1. The lowest BCUT2D eigenvalue weighted by molar-refractivity contribution is 0.0537. The predicted molar refractivity (Wildman–Crippen MR) is 55.7 cm³/mol. The van der Waals surface area contributed by atoms with Gasteiger partial charge in [0.15, 0.2) is 0 Å². The van der Waals surface area contributed by atoms with Crippen LogP contribution >= 0.6 is 0 Å². The summed E-state index contributed by atoms with van der Waals surface area (Å²) in [5.41, 5.74) is 1.09. The molecule has 0 aromatic carbocycles. The first kappa shape index (κ1) is 9.76. The molecule has 5 nitrogen and oxygen atoms in total. The van der Waals surface area contributed by atoms with Gasteiger partial charge < -0.3 is 9.72 Å². The van der Waals surface area contributed by atoms with Crippen molar-refractivity contribution in [3.05, 3.63) is 18.7 Å². The van der Waals surface area contributed by atoms with E-state index in [1.54, 1.807) is 18.7 Å². The normalized spacial score (nSPS) is 11.9. The van der Waals surface area contributed by atoms with E-state index in [0.717, 1.165) is 11.0 Å². The van der Waals surface area contributed by atoms with E-state index in [2.05, 4.69) is 9.97 Å². The van der Waals surface area contributed by atoms with Gasteiger partial charge in [-0.05, 0) is 20.8 Å². The minimum absolute atomic E-state index is 0.395. The molecule has 0 fully saturated rings. The van der Waals surface area contributed by atoms with Crippen molar-refractivity contribution in [1.29, 1.82) is 0 Å². The number of fused-ring (bicyclic) bond motifs is 1. The fourth-order valence-corrected chi connectivity index (χ4v) is 1.25. The number of hydrogen-bond donors (Lipinski definition) is 1. The topological polar surface area (TPSA) is 59.9 Å². The van der Waals surface area contributed by atoms with Crippen LogP contribution < -0.4 is 0 Å². The standard InChI is InChI=1S/C10H13N3O2/c1-10(2,3)15-9(14)13-4-7-8(5-13)12-6-11-7/h4-6H,1-3H3,(H,11,12). The monoisotopic (exact) mass is 207 g/mol. The third-order valence-corrected chi connectivity index (χ3v) is 1.83. The van der Waals surface area contributed by atoms with Crippen molar-refractivity contribution in [3.8, 4) is 0 Å². The molecule has 5 heteroatoms. The average Bonchev–Trinajstić information content (AvgIpc) is 2.56. The van der Waals surface area contributed by atoms with Crippen molar-refractivity contribution < 1.29 is 9.53 Å². The van der Waals surface area contributed by atoms with E-state index >= 15 is 0 Å². The Kier molecular flexibility index (Phi) is 2.03. The molecule has 0 aliphatic rings. The molecule has 2 heterocycles. The quantitative estimate of drug-likeness (QED) is 0.720. The van der Waals surface area contributed by atoms with Crippen molar-refractivity contribution >= 4 is 17.1 Å². The van der Waals surface area contributed by atoms with Gasteiger partial charge in [0, 0.05) is 12.4 Å². The van der Waals surface area contributed by atoms with Crippen molar-refractivity contribution in [2.45, 2.75) is 26.4 Å². The number of aromatic nitrogens is 3. The largest absolute Gasteiger partial charge is 0.443 e. The number of nitrogens with zero attached hydrogens (tertiary/aromatic N) is 2. The van der Waals surface area contributed by atoms with Crippen molar-refractivity contribution in [3.63, 3.8) is 0 Å². The van der Waals surface area contributed by atoms with Crippen LogP contribution in [-0.2, 0) is 4.74 Å². The van der Waals surface area contributed by atoms with Crippen molar-refractivity contribution in [2.75, 3.05) is 0 Å². The Morgan fingerprint density at radius 3 is 2.80 bits per heavy atom. The minimum atomic E-state index is -0.484. The summed E-state index contributed by atoms with van der Waals surface area (Å²) in [4.78, 5) is 18.6. The maximum atomic E-state index is 11.6. The van der Waals surface area contributed by atoms with Gasteiger partial charge >= 0.3 is 6.09 Å². The van der Waals surface area contributed by atoms with Crippen LogP contribution in [0.5, 0.6) is 0 Å². The first-order chi connectivity index (χ1) is 6.96. The first-order valence-corrected chi connectivity index (χ1v) is 4.70. The number of rotatable bonds is 0. The molecule has 2 rings (SSSR count). The summed E-state index contributed by atoms with van der Waals surface area (Å²) in [6.45, 7) is 5.50. The summed E-state index contributed by atoms with van der Waals surface area (Å²) in [6.07, 6.45) is 4.49. The van der Waals surface area contributed by atoms with Crippen LogP contribution in [-0.4, -0.2) is 26.2 Å². The zero-order valence-corrected chi connectivity index (χ0v) is 8.94. The average molecular weight is 207 g/mol. The van der Waals surface area contributed by atoms with Gasteiger partial charge in [-0.25, -0.2) is 9.78 Å². The minimum Gasteiger partial charge on any atom is -0.443 e. The van der Waals surface area contributed by atoms with Crippen molar-refractivity contribution in [2.24, 2.45) is 0 Å². The van der Waals surface area contributed by atoms with Crippen LogP contribution in [0.2, 0.25) is 0 Å². The lowest BCUT2D eigenvalue weighted by Crippen LogP contribution is -2.26. The second-order valence-electron chi connectivity index (χ2n) is 4.35. The van der Waals surface area contributed by atoms with Gasteiger partial charge in [-0.3, -0.25) is 4.57 Å². The Bertz CT molecular complexity index is 461. The van der Waals surface area contributed by atoms with Crippen LogP contribution in [0.3, 0.4) is 0 Å². The Morgan fingerprint density at radius 2 is 2.20 bits per heavy atom. The summed E-state index contributed by atoms with van der Waals surface area (Å²) in [6, 6.07) is 0. The Labute approximate surface area is 87.1 Å². The van der Waals surface area contributed by atoms with Crippen LogP contribution in [0.25, 0.3) is 11.0 Å². The van der Waals surface area contributed by atoms with Crippen LogP contribution in [0, 0.1) is 0 Å². The van der Waals surface area contributed by atoms with Crippen molar-refractivity contribution in [1.82, 2.24) is 14.5 Å². The Morgan fingerprint density at radius 1 is 1.47 bits per heavy atom. The number of hydrogen-bond acceptors (Lipinski definition) is 3. The zero-order chi connectivity index (χ0) is 11.1. The molecular weight excluding hydrogens is 194 g/mol. The second kappa shape index (κ2) is 3.12. The first-order valence-electron chi connectivity index (χ1n) is 4.70. The molecule has 15 heavy (non-hydrogen) atoms. The van der Waals surface area contributed by atoms with Gasteiger partial charge in [-0.15, -0.1) is 0 Å². The lowest BCUT2D eigenvalue weighted by Gasteiger charge is -2.19. The van der Waals surface area contributed by atoms with Crippen LogP contribution in [0.4, 0.5) is 4.79 Å². The lowest BCUT2D eigenvalue weighted by atomic mass is 10.2. The number of carbonyl (C=O) groups is 1. The third-order valence-electron chi connectivity index (χ3n) is 1.83. The molecule has 0 unspecified atom stereocenters. The Balaban J connectivity index is 2.24. The number of aromatic amines is 1. The molecule has 80 valence electrons. The molecule has 0 aliphatic carbocycles. The fourth-order valence-electron chi connectivity index (χ4n) is 1.25. The highest BCUT2D eigenvalue weighted by Crippen LogP contribution is 2.13. The van der Waals surface area contributed by atoms with Gasteiger partial charge in [0.05, 0.1) is 11.8 Å². The Hall–Kier alpha value is -1.78. The summed E-state index contributed by atoms with van der Waals surface area (Å²) >= 11 is 0. The van der Waals surface area contributed by atoms with E-state index in [-0.39, 0.29) is 0 Å². The van der Waals surface area contributed by atoms with E-state index < -0.39 is 11.7 Å². The summed E-state index contributed by atoms with van der Waals surface area (Å²) < 4.78 is 6.59. The van der Waals surface area contributed by atoms with Gasteiger partial charge in [-0.1, -0.05) is 0 Å². The fraction of sp³-hybridized carbons (Fsp3) is 0.400. The van der Waals surface area contributed by atoms with E-state index in [1.165, 1.54) is 4.57 Å². The number of imidazole rings is 1. The molecule has 0 spiro atoms. The maximum Gasteiger partial charge on any atom is 0.418 e. The molecule has 0 aliphatic heterocycles. The van der Waals surface area contributed by atoms with Gasteiger partial charge in [-0.2, -0.15) is 0 Å². The highest BCUT2D eigenvalue weighted by molar-refractivity contribution is 5.81. The molecule has 1 N–H and O–H groups in total. The molecule has 0 saturated carbocycles. The van der Waals surface area contributed by atoms with Gasteiger partial charge in [0.25, 0.3) is 0 Å². The molecule has 0 radical (unpaired) electrons. The maximum absolute atomic E-state index is 11.6.